The fourth-order valence-corrected chi connectivity index (χ4v) is 0.846. The Balaban J connectivity index is 3.93. The van der Waals surface area contributed by atoms with Crippen molar-refractivity contribution < 1.29 is 5.11 Å². The van der Waals surface area contributed by atoms with Crippen LogP contribution in [0.3, 0.4) is 0 Å². The first-order chi connectivity index (χ1) is 4.95. The first-order valence-electron chi connectivity index (χ1n) is 3.96. The van der Waals surface area contributed by atoms with Crippen LogP contribution in [0.1, 0.15) is 27.2 Å². The molecule has 0 saturated carbocycles. The summed E-state index contributed by atoms with van der Waals surface area (Å²) in [6.07, 6.45) is 0.226. The van der Waals surface area contributed by atoms with Crippen LogP contribution in [0.4, 0.5) is 0 Å². The number of aliphatic hydroxyl groups excluding tert-OH is 1. The Hall–Kier alpha value is -0.560. The van der Waals surface area contributed by atoms with Crippen molar-refractivity contribution in [3.63, 3.8) is 0 Å². The maximum absolute atomic E-state index is 9.50. The lowest BCUT2D eigenvalue weighted by Crippen LogP contribution is -2.13. The molecule has 0 saturated heterocycles. The van der Waals surface area contributed by atoms with Crippen molar-refractivity contribution in [2.45, 2.75) is 33.3 Å². The second kappa shape index (κ2) is 4.35. The highest BCUT2D eigenvalue weighted by Gasteiger charge is 2.11. The zero-order valence-corrected chi connectivity index (χ0v) is 7.72. The van der Waals surface area contributed by atoms with E-state index in [2.05, 4.69) is 13.2 Å². The van der Waals surface area contributed by atoms with Gasteiger partial charge in [0, 0.05) is 0 Å². The van der Waals surface area contributed by atoms with Crippen LogP contribution in [0, 0.1) is 5.92 Å². The number of aliphatic hydroxyl groups is 1. The first kappa shape index (κ1) is 10.4. The van der Waals surface area contributed by atoms with Gasteiger partial charge in [-0.25, -0.2) is 0 Å². The van der Waals surface area contributed by atoms with Crippen LogP contribution in [0.5, 0.6) is 0 Å². The molecule has 64 valence electrons. The zero-order chi connectivity index (χ0) is 9.02. The van der Waals surface area contributed by atoms with Crippen molar-refractivity contribution in [2.24, 2.45) is 5.92 Å². The summed E-state index contributed by atoms with van der Waals surface area (Å²) in [5, 5.41) is 9.50. The van der Waals surface area contributed by atoms with Gasteiger partial charge >= 0.3 is 0 Å². The second-order valence-corrected chi connectivity index (χ2v) is 3.41. The molecule has 0 heterocycles. The van der Waals surface area contributed by atoms with Gasteiger partial charge in [-0.1, -0.05) is 26.0 Å². The van der Waals surface area contributed by atoms with Gasteiger partial charge in [-0.3, -0.25) is 0 Å². The van der Waals surface area contributed by atoms with Crippen molar-refractivity contribution in [1.29, 1.82) is 0 Å². The molecule has 0 radical (unpaired) electrons. The smallest absolute Gasteiger partial charge is 0.0786 e. The van der Waals surface area contributed by atoms with E-state index in [4.69, 9.17) is 0 Å². The maximum atomic E-state index is 9.50. The van der Waals surface area contributed by atoms with Crippen LogP contribution in [-0.2, 0) is 0 Å². The molecular formula is C10H18O. The molecule has 0 aromatic rings. The van der Waals surface area contributed by atoms with Gasteiger partial charge in [0.2, 0.25) is 0 Å². The monoisotopic (exact) mass is 154 g/mol. The summed E-state index contributed by atoms with van der Waals surface area (Å²) in [6.45, 7) is 13.5. The van der Waals surface area contributed by atoms with Gasteiger partial charge in [0.05, 0.1) is 6.10 Å². The normalized spacial score (nSPS) is 13.2. The molecule has 0 spiro atoms. The topological polar surface area (TPSA) is 20.2 Å². The van der Waals surface area contributed by atoms with Crippen molar-refractivity contribution in [3.8, 4) is 0 Å². The number of hydrogen-bond acceptors (Lipinski definition) is 1. The van der Waals surface area contributed by atoms with Crippen LogP contribution >= 0.6 is 0 Å². The van der Waals surface area contributed by atoms with Crippen molar-refractivity contribution in [3.05, 3.63) is 24.3 Å². The molecule has 0 amide bonds. The highest BCUT2D eigenvalue weighted by atomic mass is 16.3. The van der Waals surface area contributed by atoms with Gasteiger partial charge < -0.3 is 5.11 Å². The van der Waals surface area contributed by atoms with E-state index in [0.29, 0.717) is 12.3 Å². The Morgan fingerprint density at radius 2 is 1.82 bits per heavy atom. The van der Waals surface area contributed by atoms with Gasteiger partial charge in [-0.15, -0.1) is 6.58 Å². The average Bonchev–Trinajstić information content (AvgIpc) is 1.84. The summed E-state index contributed by atoms with van der Waals surface area (Å²) in [5.41, 5.74) is 1.90. The highest BCUT2D eigenvalue weighted by molar-refractivity contribution is 5.08. The molecule has 1 unspecified atom stereocenters. The third-order valence-electron chi connectivity index (χ3n) is 1.71. The molecule has 1 N–H and O–H groups in total. The fraction of sp³-hybridized carbons (Fsp3) is 0.600. The first-order valence-corrected chi connectivity index (χ1v) is 3.96. The molecular weight excluding hydrogens is 136 g/mol. The molecule has 11 heavy (non-hydrogen) atoms. The lowest BCUT2D eigenvalue weighted by Gasteiger charge is -2.16. The molecule has 0 bridgehead atoms. The maximum Gasteiger partial charge on any atom is 0.0786 e. The summed E-state index contributed by atoms with van der Waals surface area (Å²) >= 11 is 0. The summed E-state index contributed by atoms with van der Waals surface area (Å²) < 4.78 is 0. The Kier molecular flexibility index (Phi) is 4.12. The van der Waals surface area contributed by atoms with E-state index in [1.54, 1.807) is 0 Å². The van der Waals surface area contributed by atoms with Crippen molar-refractivity contribution in [2.75, 3.05) is 0 Å². The summed E-state index contributed by atoms with van der Waals surface area (Å²) in [5.74, 6) is 0.351. The van der Waals surface area contributed by atoms with E-state index in [-0.39, 0.29) is 0 Å². The minimum absolute atomic E-state index is 0.351. The molecule has 1 heteroatoms. The van der Waals surface area contributed by atoms with Gasteiger partial charge in [-0.2, -0.15) is 0 Å². The Morgan fingerprint density at radius 3 is 2.09 bits per heavy atom. The number of hydrogen-bond donors (Lipinski definition) is 1. The van der Waals surface area contributed by atoms with Crippen molar-refractivity contribution in [1.82, 2.24) is 0 Å². The lowest BCUT2D eigenvalue weighted by atomic mass is 9.96. The van der Waals surface area contributed by atoms with Crippen LogP contribution in [-0.4, -0.2) is 11.2 Å². The van der Waals surface area contributed by atoms with Gasteiger partial charge in [0.1, 0.15) is 0 Å². The lowest BCUT2D eigenvalue weighted by molar-refractivity contribution is 0.201. The van der Waals surface area contributed by atoms with E-state index in [1.165, 1.54) is 0 Å². The fourth-order valence-electron chi connectivity index (χ4n) is 0.846. The summed E-state index contributed by atoms with van der Waals surface area (Å²) in [7, 11) is 0. The molecule has 0 rings (SSSR count). The average molecular weight is 154 g/mol. The molecule has 1 nitrogen and oxygen atoms in total. The van der Waals surface area contributed by atoms with E-state index >= 15 is 0 Å². The predicted molar refractivity (Wildman–Crippen MR) is 49.4 cm³/mol. The summed E-state index contributed by atoms with van der Waals surface area (Å²) in [4.78, 5) is 0. The standard InChI is InChI=1S/C10H18O/c1-7(2)6-10(11)9(5)8(3)4/h8,10-11H,1,5-6H2,2-4H3. The van der Waals surface area contributed by atoms with Crippen LogP contribution < -0.4 is 0 Å². The minimum Gasteiger partial charge on any atom is -0.388 e. The SMILES string of the molecule is C=C(C)CC(O)C(=C)C(C)C. The van der Waals surface area contributed by atoms with Gasteiger partial charge in [0.15, 0.2) is 0 Å². The molecule has 0 aliphatic heterocycles. The third-order valence-corrected chi connectivity index (χ3v) is 1.71. The van der Waals surface area contributed by atoms with E-state index in [9.17, 15) is 5.11 Å². The molecule has 0 fully saturated rings. The Bertz CT molecular complexity index is 156. The molecule has 0 aliphatic rings. The van der Waals surface area contributed by atoms with Crippen LogP contribution in [0.2, 0.25) is 0 Å². The summed E-state index contributed by atoms with van der Waals surface area (Å²) in [6, 6.07) is 0. The molecule has 1 atom stereocenters. The van der Waals surface area contributed by atoms with Gasteiger partial charge in [0.25, 0.3) is 0 Å². The van der Waals surface area contributed by atoms with Gasteiger partial charge in [-0.05, 0) is 24.8 Å². The zero-order valence-electron chi connectivity index (χ0n) is 7.72. The molecule has 0 aliphatic carbocycles. The predicted octanol–water partition coefficient (Wildman–Crippen LogP) is 2.53. The number of rotatable bonds is 4. The van der Waals surface area contributed by atoms with Crippen LogP contribution in [0.15, 0.2) is 24.3 Å². The highest BCUT2D eigenvalue weighted by Crippen LogP contribution is 2.16. The third kappa shape index (κ3) is 3.99. The molecule has 0 aromatic carbocycles. The second-order valence-electron chi connectivity index (χ2n) is 3.41. The van der Waals surface area contributed by atoms with Crippen molar-refractivity contribution >= 4 is 0 Å². The Morgan fingerprint density at radius 1 is 1.36 bits per heavy atom. The van der Waals surface area contributed by atoms with E-state index in [0.717, 1.165) is 11.1 Å². The van der Waals surface area contributed by atoms with Crippen LogP contribution in [0.25, 0.3) is 0 Å². The quantitative estimate of drug-likeness (QED) is 0.617. The Labute approximate surface area is 69.4 Å². The molecule has 0 aromatic heterocycles. The van der Waals surface area contributed by atoms with E-state index < -0.39 is 6.10 Å². The largest absolute Gasteiger partial charge is 0.388 e. The van der Waals surface area contributed by atoms with E-state index in [1.807, 2.05) is 20.8 Å². The minimum atomic E-state index is -0.410.